The van der Waals surface area contributed by atoms with Crippen molar-refractivity contribution in [1.29, 1.82) is 0 Å². The maximum Gasteiger partial charge on any atom is 0.335 e. The molecule has 2 aromatic carbocycles. The van der Waals surface area contributed by atoms with Crippen LogP contribution in [0.4, 0.5) is 10.5 Å². The first kappa shape index (κ1) is 18.7. The molecule has 8 heteroatoms. The number of ether oxygens (including phenoxy) is 2. The van der Waals surface area contributed by atoms with Crippen molar-refractivity contribution in [2.24, 2.45) is 0 Å². The summed E-state index contributed by atoms with van der Waals surface area (Å²) in [5.41, 5.74) is 0.654. The molecule has 7 nitrogen and oxygen atoms in total. The molecule has 0 atom stereocenters. The molecule has 0 aliphatic carbocycles. The van der Waals surface area contributed by atoms with Crippen LogP contribution in [0.15, 0.2) is 52.5 Å². The van der Waals surface area contributed by atoms with E-state index in [9.17, 15) is 14.4 Å². The van der Waals surface area contributed by atoms with Crippen LogP contribution in [0.3, 0.4) is 0 Å². The summed E-state index contributed by atoms with van der Waals surface area (Å²) >= 11 is 3.36. The minimum Gasteiger partial charge on any atom is -0.496 e. The molecule has 0 bridgehead atoms. The lowest BCUT2D eigenvalue weighted by atomic mass is 10.1. The van der Waals surface area contributed by atoms with Gasteiger partial charge in [-0.25, -0.2) is 9.69 Å². The molecule has 0 aromatic heterocycles. The van der Waals surface area contributed by atoms with Gasteiger partial charge in [0.15, 0.2) is 0 Å². The van der Waals surface area contributed by atoms with Crippen molar-refractivity contribution in [2.45, 2.75) is 0 Å². The van der Waals surface area contributed by atoms with Crippen LogP contribution >= 0.6 is 15.9 Å². The van der Waals surface area contributed by atoms with Crippen LogP contribution in [0.2, 0.25) is 0 Å². The van der Waals surface area contributed by atoms with Gasteiger partial charge in [-0.15, -0.1) is 0 Å². The van der Waals surface area contributed by atoms with Crippen LogP contribution in [0.5, 0.6) is 11.5 Å². The number of rotatable bonds is 4. The molecule has 1 fully saturated rings. The zero-order valence-electron chi connectivity index (χ0n) is 14.5. The fourth-order valence-corrected chi connectivity index (χ4v) is 3.14. The Morgan fingerprint density at radius 1 is 1.00 bits per heavy atom. The first-order valence-electron chi connectivity index (χ1n) is 7.84. The quantitative estimate of drug-likeness (QED) is 0.594. The monoisotopic (exact) mass is 430 g/mol. The summed E-state index contributed by atoms with van der Waals surface area (Å²) in [6.07, 6.45) is 1.38. The number of urea groups is 1. The Hall–Kier alpha value is -3.13. The summed E-state index contributed by atoms with van der Waals surface area (Å²) in [5, 5.41) is 2.18. The Balaban J connectivity index is 2.07. The number of halogens is 1. The van der Waals surface area contributed by atoms with E-state index in [2.05, 4.69) is 21.2 Å². The van der Waals surface area contributed by atoms with Gasteiger partial charge in [-0.2, -0.15) is 0 Å². The number of para-hydroxylation sites is 1. The highest BCUT2D eigenvalue weighted by Gasteiger charge is 2.36. The number of amides is 4. The predicted molar refractivity (Wildman–Crippen MR) is 103 cm³/mol. The molecule has 2 aromatic rings. The minimum absolute atomic E-state index is 0.186. The molecule has 0 unspecified atom stereocenters. The Morgan fingerprint density at radius 3 is 2.30 bits per heavy atom. The number of imide groups is 2. The third kappa shape index (κ3) is 3.56. The highest BCUT2D eigenvalue weighted by atomic mass is 79.9. The number of hydrogen-bond acceptors (Lipinski definition) is 5. The summed E-state index contributed by atoms with van der Waals surface area (Å²) in [4.78, 5) is 38.2. The van der Waals surface area contributed by atoms with Gasteiger partial charge in [-0.05, 0) is 40.2 Å². The predicted octanol–water partition coefficient (Wildman–Crippen LogP) is 3.13. The minimum atomic E-state index is -0.795. The number of nitrogens with one attached hydrogen (secondary N) is 1. The Labute approximate surface area is 163 Å². The number of nitrogens with zero attached hydrogens (tertiary/aromatic N) is 1. The molecule has 138 valence electrons. The standard InChI is InChI=1S/C19H15BrN2O5/c1-26-15-10-16(27-2)14(20)9-11(15)8-13-17(23)21-19(25)22(18(13)24)12-6-4-3-5-7-12/h3-10H,1-2H3,(H,21,23,25)/b13-8+. The van der Waals surface area contributed by atoms with E-state index in [1.54, 1.807) is 42.5 Å². The molecule has 1 heterocycles. The third-order valence-electron chi connectivity index (χ3n) is 3.92. The lowest BCUT2D eigenvalue weighted by molar-refractivity contribution is -0.122. The molecule has 1 aliphatic rings. The molecule has 27 heavy (non-hydrogen) atoms. The van der Waals surface area contributed by atoms with Crippen LogP contribution in [0.25, 0.3) is 6.08 Å². The summed E-state index contributed by atoms with van der Waals surface area (Å²) in [6.45, 7) is 0. The first-order valence-corrected chi connectivity index (χ1v) is 8.63. The van der Waals surface area contributed by atoms with E-state index in [1.807, 2.05) is 0 Å². The second kappa shape index (κ2) is 7.63. The van der Waals surface area contributed by atoms with Crippen LogP contribution in [0, 0.1) is 0 Å². The van der Waals surface area contributed by atoms with Gasteiger partial charge in [0.2, 0.25) is 0 Å². The number of carbonyl (C=O) groups is 3. The van der Waals surface area contributed by atoms with E-state index in [-0.39, 0.29) is 5.57 Å². The van der Waals surface area contributed by atoms with E-state index in [0.717, 1.165) is 4.90 Å². The van der Waals surface area contributed by atoms with E-state index in [1.165, 1.54) is 20.3 Å². The zero-order chi connectivity index (χ0) is 19.6. The zero-order valence-corrected chi connectivity index (χ0v) is 16.1. The number of anilines is 1. The number of methoxy groups -OCH3 is 2. The normalized spacial score (nSPS) is 15.7. The first-order chi connectivity index (χ1) is 13.0. The number of benzene rings is 2. The van der Waals surface area contributed by atoms with Crippen LogP contribution in [-0.2, 0) is 9.59 Å². The lowest BCUT2D eigenvalue weighted by Crippen LogP contribution is -2.54. The third-order valence-corrected chi connectivity index (χ3v) is 4.54. The molecule has 1 saturated heterocycles. The van der Waals surface area contributed by atoms with Gasteiger partial charge >= 0.3 is 6.03 Å². The average molecular weight is 431 g/mol. The van der Waals surface area contributed by atoms with Crippen LogP contribution in [0.1, 0.15) is 5.56 Å². The number of barbiturate groups is 1. The van der Waals surface area contributed by atoms with Crippen molar-refractivity contribution in [3.8, 4) is 11.5 Å². The van der Waals surface area contributed by atoms with Crippen molar-refractivity contribution in [3.63, 3.8) is 0 Å². The second-order valence-electron chi connectivity index (χ2n) is 5.52. The largest absolute Gasteiger partial charge is 0.496 e. The summed E-state index contributed by atoms with van der Waals surface area (Å²) in [6, 6.07) is 10.9. The van der Waals surface area contributed by atoms with E-state index < -0.39 is 17.8 Å². The molecule has 0 radical (unpaired) electrons. The fourth-order valence-electron chi connectivity index (χ4n) is 2.62. The van der Waals surface area contributed by atoms with Gasteiger partial charge in [-0.1, -0.05) is 18.2 Å². The topological polar surface area (TPSA) is 84.9 Å². The molecule has 1 N–H and O–H groups in total. The maximum absolute atomic E-state index is 12.9. The van der Waals surface area contributed by atoms with Crippen molar-refractivity contribution >= 4 is 45.5 Å². The average Bonchev–Trinajstić information content (AvgIpc) is 2.66. The van der Waals surface area contributed by atoms with Gasteiger partial charge < -0.3 is 9.47 Å². The Morgan fingerprint density at radius 2 is 1.67 bits per heavy atom. The van der Waals surface area contributed by atoms with Crippen molar-refractivity contribution < 1.29 is 23.9 Å². The molecule has 3 rings (SSSR count). The molecule has 0 saturated carbocycles. The van der Waals surface area contributed by atoms with Gasteiger partial charge in [-0.3, -0.25) is 14.9 Å². The lowest BCUT2D eigenvalue weighted by Gasteiger charge is -2.26. The highest BCUT2D eigenvalue weighted by Crippen LogP contribution is 2.34. The van der Waals surface area contributed by atoms with Crippen LogP contribution in [-0.4, -0.2) is 32.1 Å². The molecular formula is C19H15BrN2O5. The Bertz CT molecular complexity index is 956. The summed E-state index contributed by atoms with van der Waals surface area (Å²) < 4.78 is 11.2. The summed E-state index contributed by atoms with van der Waals surface area (Å²) in [5.74, 6) is -0.545. The molecule has 4 amide bonds. The second-order valence-corrected chi connectivity index (χ2v) is 6.38. The number of carbonyl (C=O) groups excluding carboxylic acids is 3. The summed E-state index contributed by atoms with van der Waals surface area (Å²) in [7, 11) is 2.98. The van der Waals surface area contributed by atoms with Crippen molar-refractivity contribution in [2.75, 3.05) is 19.1 Å². The van der Waals surface area contributed by atoms with E-state index >= 15 is 0 Å². The number of hydrogen-bond donors (Lipinski definition) is 1. The van der Waals surface area contributed by atoms with Gasteiger partial charge in [0.25, 0.3) is 11.8 Å². The van der Waals surface area contributed by atoms with E-state index in [0.29, 0.717) is 27.2 Å². The van der Waals surface area contributed by atoms with Crippen molar-refractivity contribution in [1.82, 2.24) is 5.32 Å². The van der Waals surface area contributed by atoms with Gasteiger partial charge in [0, 0.05) is 11.6 Å². The van der Waals surface area contributed by atoms with Gasteiger partial charge in [0.1, 0.15) is 17.1 Å². The van der Waals surface area contributed by atoms with E-state index in [4.69, 9.17) is 9.47 Å². The molecule has 1 aliphatic heterocycles. The highest BCUT2D eigenvalue weighted by molar-refractivity contribution is 9.10. The smallest absolute Gasteiger partial charge is 0.335 e. The van der Waals surface area contributed by atoms with Crippen molar-refractivity contribution in [3.05, 3.63) is 58.1 Å². The molecule has 0 spiro atoms. The van der Waals surface area contributed by atoms with Gasteiger partial charge in [0.05, 0.1) is 24.4 Å². The fraction of sp³-hybridized carbons (Fsp3) is 0.105. The maximum atomic E-state index is 12.9. The molecular weight excluding hydrogens is 416 g/mol. The Kier molecular flexibility index (Phi) is 5.27. The SMILES string of the molecule is COc1cc(OC)c(/C=C2\C(=O)NC(=O)N(c3ccccc3)C2=O)cc1Br. The van der Waals surface area contributed by atoms with Crippen LogP contribution < -0.4 is 19.7 Å².